The number of benzene rings is 1. The molecule has 6 heteroatoms. The fourth-order valence-corrected chi connectivity index (χ4v) is 2.99. The maximum atomic E-state index is 11.4. The number of cyclic esters (lactones) is 3. The molecule has 0 spiro atoms. The van der Waals surface area contributed by atoms with E-state index in [-0.39, 0.29) is 31.1 Å². The van der Waals surface area contributed by atoms with E-state index >= 15 is 0 Å². The maximum Gasteiger partial charge on any atom is 0.314 e. The molecule has 2 atom stereocenters. The Morgan fingerprint density at radius 2 is 1.32 bits per heavy atom. The maximum absolute atomic E-state index is 11.4. The van der Waals surface area contributed by atoms with Gasteiger partial charge in [0.25, 0.3) is 0 Å². The Labute approximate surface area is 127 Å². The predicted molar refractivity (Wildman–Crippen MR) is 73.6 cm³/mol. The molecule has 2 fully saturated rings. The van der Waals surface area contributed by atoms with Crippen LogP contribution in [0.25, 0.3) is 0 Å². The van der Waals surface area contributed by atoms with Crippen LogP contribution in [-0.2, 0) is 23.9 Å². The van der Waals surface area contributed by atoms with Crippen LogP contribution in [0.5, 0.6) is 0 Å². The van der Waals surface area contributed by atoms with Crippen LogP contribution in [0.1, 0.15) is 48.6 Å². The molecule has 6 nitrogen and oxygen atoms in total. The van der Waals surface area contributed by atoms with Crippen LogP contribution in [0, 0.1) is 0 Å². The molecule has 2 saturated heterocycles. The molecule has 2 aliphatic rings. The largest absolute Gasteiger partial charge is 0.436 e. The first-order valence-electron chi connectivity index (χ1n) is 7.22. The average Bonchev–Trinajstić information content (AvgIpc) is 2.45. The van der Waals surface area contributed by atoms with Gasteiger partial charge in [-0.2, -0.15) is 0 Å². The molecule has 0 saturated carbocycles. The van der Waals surface area contributed by atoms with Gasteiger partial charge in [-0.05, 0) is 11.1 Å². The first kappa shape index (κ1) is 14.7. The van der Waals surface area contributed by atoms with Gasteiger partial charge in [-0.3, -0.25) is 14.4 Å². The number of esters is 3. The zero-order valence-electron chi connectivity index (χ0n) is 11.9. The second-order valence-electron chi connectivity index (χ2n) is 5.70. The minimum atomic E-state index is -1.06. The van der Waals surface area contributed by atoms with Crippen molar-refractivity contribution >= 4 is 17.9 Å². The van der Waals surface area contributed by atoms with E-state index in [1.54, 1.807) is 0 Å². The molecule has 2 heterocycles. The summed E-state index contributed by atoms with van der Waals surface area (Å²) in [5, 5.41) is 9.50. The van der Waals surface area contributed by atoms with Gasteiger partial charge in [0.1, 0.15) is 0 Å². The number of rotatable bonds is 2. The molecule has 1 aromatic carbocycles. The lowest BCUT2D eigenvalue weighted by atomic mass is 9.86. The second kappa shape index (κ2) is 5.88. The molecule has 22 heavy (non-hydrogen) atoms. The molecule has 0 radical (unpaired) electrons. The smallest absolute Gasteiger partial charge is 0.314 e. The Bertz CT molecular complexity index is 590. The van der Waals surface area contributed by atoms with Gasteiger partial charge in [-0.25, -0.2) is 0 Å². The quantitative estimate of drug-likeness (QED) is 0.655. The van der Waals surface area contributed by atoms with Gasteiger partial charge in [0, 0.05) is 18.3 Å². The number of aliphatic hydroxyl groups excluding tert-OH is 1. The standard InChI is InChI=1S/C16H16O6/c17-13-5-11(6-14(18)21-13)9-1-2-10(4-3-9)12-7-15(19)22-16(20)8-12/h1-4,11-13,17H,5-8H2/t11-,13?/m0/s1. The lowest BCUT2D eigenvalue weighted by Gasteiger charge is -2.26. The molecule has 0 aliphatic carbocycles. The van der Waals surface area contributed by atoms with Gasteiger partial charge in [-0.15, -0.1) is 0 Å². The monoisotopic (exact) mass is 304 g/mol. The first-order valence-corrected chi connectivity index (χ1v) is 7.22. The summed E-state index contributed by atoms with van der Waals surface area (Å²) in [5.41, 5.74) is 1.83. The van der Waals surface area contributed by atoms with Crippen LogP contribution in [0.4, 0.5) is 0 Å². The molecule has 1 N–H and O–H groups in total. The second-order valence-corrected chi connectivity index (χ2v) is 5.70. The molecule has 116 valence electrons. The molecular weight excluding hydrogens is 288 g/mol. The van der Waals surface area contributed by atoms with Crippen molar-refractivity contribution in [1.82, 2.24) is 0 Å². The summed E-state index contributed by atoms with van der Waals surface area (Å²) in [6.45, 7) is 0. The molecule has 1 unspecified atom stereocenters. The number of carbonyl (C=O) groups excluding carboxylic acids is 3. The van der Waals surface area contributed by atoms with Crippen LogP contribution in [0.2, 0.25) is 0 Å². The highest BCUT2D eigenvalue weighted by Gasteiger charge is 2.30. The Balaban J connectivity index is 1.73. The number of carbonyl (C=O) groups is 3. The summed E-state index contributed by atoms with van der Waals surface area (Å²) in [6.07, 6.45) is -0.0556. The van der Waals surface area contributed by atoms with Crippen molar-refractivity contribution in [2.24, 2.45) is 0 Å². The molecule has 3 rings (SSSR count). The van der Waals surface area contributed by atoms with Gasteiger partial charge < -0.3 is 14.6 Å². The van der Waals surface area contributed by atoms with Crippen LogP contribution < -0.4 is 0 Å². The van der Waals surface area contributed by atoms with Gasteiger partial charge in [0.15, 0.2) is 0 Å². The van der Waals surface area contributed by atoms with E-state index in [0.717, 1.165) is 11.1 Å². The normalized spacial score (nSPS) is 26.5. The number of hydrogen-bond donors (Lipinski definition) is 1. The van der Waals surface area contributed by atoms with E-state index < -0.39 is 24.2 Å². The third-order valence-electron chi connectivity index (χ3n) is 4.10. The predicted octanol–water partition coefficient (Wildman–Crippen LogP) is 1.37. The fourth-order valence-electron chi connectivity index (χ4n) is 2.99. The van der Waals surface area contributed by atoms with E-state index in [1.165, 1.54) is 0 Å². The Morgan fingerprint density at radius 1 is 0.818 bits per heavy atom. The number of aliphatic hydroxyl groups is 1. The van der Waals surface area contributed by atoms with Crippen molar-refractivity contribution in [3.8, 4) is 0 Å². The molecule has 0 amide bonds. The van der Waals surface area contributed by atoms with Gasteiger partial charge in [0.05, 0.1) is 19.3 Å². The Hall–Kier alpha value is -2.21. The Morgan fingerprint density at radius 3 is 1.86 bits per heavy atom. The SMILES string of the molecule is O=C1CC(c2ccc([C@@H]3CC(=O)OC(O)C3)cc2)CC(=O)O1. The van der Waals surface area contributed by atoms with Crippen LogP contribution in [-0.4, -0.2) is 29.3 Å². The summed E-state index contributed by atoms with van der Waals surface area (Å²) in [7, 11) is 0. The highest BCUT2D eigenvalue weighted by molar-refractivity contribution is 5.89. The number of ether oxygens (including phenoxy) is 2. The first-order chi connectivity index (χ1) is 10.5. The lowest BCUT2D eigenvalue weighted by Crippen LogP contribution is -2.28. The zero-order valence-corrected chi connectivity index (χ0v) is 11.9. The minimum absolute atomic E-state index is 0.0803. The third-order valence-corrected chi connectivity index (χ3v) is 4.10. The van der Waals surface area contributed by atoms with Crippen LogP contribution in [0.3, 0.4) is 0 Å². The number of hydrogen-bond acceptors (Lipinski definition) is 6. The van der Waals surface area contributed by atoms with Crippen molar-refractivity contribution < 1.29 is 29.0 Å². The molecular formula is C16H16O6. The van der Waals surface area contributed by atoms with Crippen molar-refractivity contribution in [3.63, 3.8) is 0 Å². The van der Waals surface area contributed by atoms with Gasteiger partial charge in [0.2, 0.25) is 6.29 Å². The van der Waals surface area contributed by atoms with E-state index in [1.807, 2.05) is 24.3 Å². The summed E-state index contributed by atoms with van der Waals surface area (Å²) in [6, 6.07) is 7.46. The fraction of sp³-hybridized carbons (Fsp3) is 0.438. The molecule has 0 aromatic heterocycles. The summed E-state index contributed by atoms with van der Waals surface area (Å²) in [5.74, 6) is -1.65. The summed E-state index contributed by atoms with van der Waals surface area (Å²) >= 11 is 0. The third kappa shape index (κ3) is 3.17. The van der Waals surface area contributed by atoms with Crippen LogP contribution >= 0.6 is 0 Å². The highest BCUT2D eigenvalue weighted by atomic mass is 16.6. The van der Waals surface area contributed by atoms with E-state index in [2.05, 4.69) is 4.74 Å². The van der Waals surface area contributed by atoms with Crippen molar-refractivity contribution in [1.29, 1.82) is 0 Å². The van der Waals surface area contributed by atoms with Crippen molar-refractivity contribution in [3.05, 3.63) is 35.4 Å². The average molecular weight is 304 g/mol. The molecule has 2 aliphatic heterocycles. The van der Waals surface area contributed by atoms with Crippen molar-refractivity contribution in [2.45, 2.75) is 43.8 Å². The molecule has 0 bridgehead atoms. The van der Waals surface area contributed by atoms with Gasteiger partial charge >= 0.3 is 17.9 Å². The topological polar surface area (TPSA) is 89.9 Å². The van der Waals surface area contributed by atoms with E-state index in [0.29, 0.717) is 6.42 Å². The van der Waals surface area contributed by atoms with Crippen LogP contribution in [0.15, 0.2) is 24.3 Å². The van der Waals surface area contributed by atoms with E-state index in [4.69, 9.17) is 4.74 Å². The highest BCUT2D eigenvalue weighted by Crippen LogP contribution is 2.33. The Kier molecular flexibility index (Phi) is 3.94. The van der Waals surface area contributed by atoms with E-state index in [9.17, 15) is 19.5 Å². The minimum Gasteiger partial charge on any atom is -0.436 e. The zero-order chi connectivity index (χ0) is 15.7. The lowest BCUT2D eigenvalue weighted by molar-refractivity contribution is -0.178. The summed E-state index contributed by atoms with van der Waals surface area (Å²) in [4.78, 5) is 34.0. The van der Waals surface area contributed by atoms with Crippen molar-refractivity contribution in [2.75, 3.05) is 0 Å². The summed E-state index contributed by atoms with van der Waals surface area (Å²) < 4.78 is 9.23. The molecule has 1 aromatic rings. The van der Waals surface area contributed by atoms with Gasteiger partial charge in [-0.1, -0.05) is 24.3 Å².